The highest BCUT2D eigenvalue weighted by atomic mass is 79.9. The normalized spacial score (nSPS) is 12.9. The summed E-state index contributed by atoms with van der Waals surface area (Å²) in [5.74, 6) is 0.0577. The van der Waals surface area contributed by atoms with Gasteiger partial charge >= 0.3 is 0 Å². The fourth-order valence-electron chi connectivity index (χ4n) is 0.973. The van der Waals surface area contributed by atoms with Crippen LogP contribution in [0.1, 0.15) is 11.7 Å². The molecule has 0 aromatic heterocycles. The summed E-state index contributed by atoms with van der Waals surface area (Å²) >= 11 is 3.21. The van der Waals surface area contributed by atoms with Crippen LogP contribution in [0.2, 0.25) is 0 Å². The lowest BCUT2D eigenvalue weighted by Gasteiger charge is -2.11. The first-order valence-corrected chi connectivity index (χ1v) is 4.31. The van der Waals surface area contributed by atoms with E-state index in [4.69, 9.17) is 5.73 Å². The van der Waals surface area contributed by atoms with Gasteiger partial charge in [-0.15, -0.1) is 0 Å². The molecule has 1 aromatic carbocycles. The molecule has 0 spiro atoms. The Morgan fingerprint density at radius 2 is 2.17 bits per heavy atom. The Bertz CT molecular complexity index is 258. The molecule has 0 saturated carbocycles. The highest BCUT2D eigenvalue weighted by molar-refractivity contribution is 9.10. The minimum absolute atomic E-state index is 0.0577. The van der Waals surface area contributed by atoms with Crippen molar-refractivity contribution in [2.24, 2.45) is 5.73 Å². The first-order valence-electron chi connectivity index (χ1n) is 3.52. The number of aliphatic hydroxyl groups is 1. The van der Waals surface area contributed by atoms with Gasteiger partial charge in [-0.1, -0.05) is 22.0 Å². The maximum atomic E-state index is 9.38. The second kappa shape index (κ2) is 3.89. The van der Waals surface area contributed by atoms with Crippen LogP contribution in [-0.4, -0.2) is 16.8 Å². The van der Waals surface area contributed by atoms with Crippen LogP contribution in [0.5, 0.6) is 5.75 Å². The monoisotopic (exact) mass is 231 g/mol. The van der Waals surface area contributed by atoms with Crippen molar-refractivity contribution in [2.45, 2.75) is 6.10 Å². The molecule has 0 heterocycles. The molecular formula is C8H10BrNO2. The van der Waals surface area contributed by atoms with Gasteiger partial charge in [0, 0.05) is 16.6 Å². The smallest absolute Gasteiger partial charge is 0.122 e. The molecule has 0 bridgehead atoms. The van der Waals surface area contributed by atoms with Crippen molar-refractivity contribution in [3.63, 3.8) is 0 Å². The van der Waals surface area contributed by atoms with E-state index in [-0.39, 0.29) is 12.3 Å². The molecule has 0 fully saturated rings. The molecule has 1 aromatic rings. The maximum absolute atomic E-state index is 9.38. The Kier molecular flexibility index (Phi) is 3.08. The van der Waals surface area contributed by atoms with Gasteiger partial charge in [-0.25, -0.2) is 0 Å². The largest absolute Gasteiger partial charge is 0.508 e. The van der Waals surface area contributed by atoms with Gasteiger partial charge in [-0.3, -0.25) is 0 Å². The molecular weight excluding hydrogens is 222 g/mol. The minimum Gasteiger partial charge on any atom is -0.508 e. The Morgan fingerprint density at radius 1 is 1.50 bits per heavy atom. The van der Waals surface area contributed by atoms with Gasteiger partial charge in [0.25, 0.3) is 0 Å². The fraction of sp³-hybridized carbons (Fsp3) is 0.250. The van der Waals surface area contributed by atoms with E-state index in [2.05, 4.69) is 15.9 Å². The van der Waals surface area contributed by atoms with Gasteiger partial charge < -0.3 is 15.9 Å². The summed E-state index contributed by atoms with van der Waals surface area (Å²) < 4.78 is 0.667. The molecule has 4 heteroatoms. The molecule has 1 atom stereocenters. The lowest BCUT2D eigenvalue weighted by molar-refractivity contribution is 0.182. The second-order valence-electron chi connectivity index (χ2n) is 2.42. The van der Waals surface area contributed by atoms with Crippen LogP contribution in [0.4, 0.5) is 0 Å². The number of aromatic hydroxyl groups is 1. The molecule has 0 aliphatic heterocycles. The molecule has 0 aliphatic rings. The van der Waals surface area contributed by atoms with E-state index >= 15 is 0 Å². The zero-order valence-corrected chi connectivity index (χ0v) is 7.95. The summed E-state index contributed by atoms with van der Waals surface area (Å²) in [6.45, 7) is 0.0934. The van der Waals surface area contributed by atoms with Crippen molar-refractivity contribution in [1.29, 1.82) is 0 Å². The number of phenolic OH excluding ortho intramolecular Hbond substituents is 1. The van der Waals surface area contributed by atoms with E-state index in [0.717, 1.165) is 0 Å². The van der Waals surface area contributed by atoms with E-state index in [0.29, 0.717) is 10.0 Å². The summed E-state index contributed by atoms with van der Waals surface area (Å²) in [5, 5.41) is 18.7. The van der Waals surface area contributed by atoms with Crippen LogP contribution in [0, 0.1) is 0 Å². The summed E-state index contributed by atoms with van der Waals surface area (Å²) in [4.78, 5) is 0. The lowest BCUT2D eigenvalue weighted by atomic mass is 10.1. The van der Waals surface area contributed by atoms with Crippen molar-refractivity contribution < 1.29 is 10.2 Å². The van der Waals surface area contributed by atoms with Gasteiger partial charge in [0.15, 0.2) is 0 Å². The second-order valence-corrected chi connectivity index (χ2v) is 3.28. The Hall–Kier alpha value is -0.580. The molecule has 0 radical (unpaired) electrons. The van der Waals surface area contributed by atoms with E-state index in [9.17, 15) is 10.2 Å². The molecule has 0 aliphatic carbocycles. The third-order valence-corrected chi connectivity index (χ3v) is 2.28. The third kappa shape index (κ3) is 1.77. The molecule has 12 heavy (non-hydrogen) atoms. The Labute approximate surface area is 79.0 Å². The van der Waals surface area contributed by atoms with Gasteiger partial charge in [0.2, 0.25) is 0 Å². The first-order chi connectivity index (χ1) is 5.66. The maximum Gasteiger partial charge on any atom is 0.122 e. The summed E-state index contributed by atoms with van der Waals surface area (Å²) in [5.41, 5.74) is 5.70. The van der Waals surface area contributed by atoms with Crippen LogP contribution >= 0.6 is 15.9 Å². The average molecular weight is 232 g/mol. The van der Waals surface area contributed by atoms with Gasteiger partial charge in [0.1, 0.15) is 5.75 Å². The van der Waals surface area contributed by atoms with Crippen LogP contribution in [-0.2, 0) is 0 Å². The number of benzene rings is 1. The van der Waals surface area contributed by atoms with Gasteiger partial charge in [-0.05, 0) is 12.1 Å². The highest BCUT2D eigenvalue weighted by Gasteiger charge is 2.13. The standard InChI is InChI=1S/C8H10BrNO2/c9-5-2-1-3-6(11)8(5)7(12)4-10/h1-3,7,11-12H,4,10H2/t7-/m1/s1. The van der Waals surface area contributed by atoms with Crippen LogP contribution < -0.4 is 5.73 Å². The topological polar surface area (TPSA) is 66.5 Å². The third-order valence-electron chi connectivity index (χ3n) is 1.59. The first kappa shape index (κ1) is 9.51. The average Bonchev–Trinajstić information content (AvgIpc) is 2.03. The predicted molar refractivity (Wildman–Crippen MR) is 49.8 cm³/mol. The van der Waals surface area contributed by atoms with E-state index in [1.165, 1.54) is 6.07 Å². The predicted octanol–water partition coefficient (Wildman–Crippen LogP) is 1.15. The summed E-state index contributed by atoms with van der Waals surface area (Å²) in [6.07, 6.45) is -0.819. The van der Waals surface area contributed by atoms with Crippen molar-refractivity contribution in [2.75, 3.05) is 6.54 Å². The quantitative estimate of drug-likeness (QED) is 0.716. The van der Waals surface area contributed by atoms with Crippen molar-refractivity contribution in [1.82, 2.24) is 0 Å². The van der Waals surface area contributed by atoms with E-state index in [1.54, 1.807) is 12.1 Å². The van der Waals surface area contributed by atoms with Crippen molar-refractivity contribution in [3.8, 4) is 5.75 Å². The number of aliphatic hydroxyl groups excluding tert-OH is 1. The van der Waals surface area contributed by atoms with Crippen LogP contribution in [0.25, 0.3) is 0 Å². The highest BCUT2D eigenvalue weighted by Crippen LogP contribution is 2.30. The van der Waals surface area contributed by atoms with Crippen LogP contribution in [0.15, 0.2) is 22.7 Å². The number of hydrogen-bond acceptors (Lipinski definition) is 3. The molecule has 3 nitrogen and oxygen atoms in total. The molecule has 1 rings (SSSR count). The Balaban J connectivity index is 3.12. The van der Waals surface area contributed by atoms with Crippen LogP contribution in [0.3, 0.4) is 0 Å². The molecule has 4 N–H and O–H groups in total. The minimum atomic E-state index is -0.819. The Morgan fingerprint density at radius 3 is 2.67 bits per heavy atom. The van der Waals surface area contributed by atoms with Crippen molar-refractivity contribution >= 4 is 15.9 Å². The fourth-order valence-corrected chi connectivity index (χ4v) is 1.59. The molecule has 0 saturated heterocycles. The zero-order chi connectivity index (χ0) is 9.14. The molecule has 66 valence electrons. The van der Waals surface area contributed by atoms with E-state index in [1.807, 2.05) is 0 Å². The SMILES string of the molecule is NC[C@@H](O)c1c(O)cccc1Br. The number of rotatable bonds is 2. The molecule has 0 unspecified atom stereocenters. The number of halogens is 1. The number of hydrogen-bond donors (Lipinski definition) is 3. The summed E-state index contributed by atoms with van der Waals surface area (Å²) in [7, 11) is 0. The van der Waals surface area contributed by atoms with Gasteiger partial charge in [0.05, 0.1) is 6.10 Å². The van der Waals surface area contributed by atoms with Crippen molar-refractivity contribution in [3.05, 3.63) is 28.2 Å². The summed E-state index contributed by atoms with van der Waals surface area (Å²) in [6, 6.07) is 4.94. The lowest BCUT2D eigenvalue weighted by Crippen LogP contribution is -2.12. The van der Waals surface area contributed by atoms with E-state index < -0.39 is 6.10 Å². The number of nitrogens with two attached hydrogens (primary N) is 1. The number of phenols is 1. The molecule has 0 amide bonds. The van der Waals surface area contributed by atoms with Gasteiger partial charge in [-0.2, -0.15) is 0 Å². The zero-order valence-electron chi connectivity index (χ0n) is 6.37.